The van der Waals surface area contributed by atoms with E-state index in [9.17, 15) is 53.1 Å². The molecular weight excluding hydrogens is 1000 g/mol. The molecule has 0 unspecified atom stereocenters. The van der Waals surface area contributed by atoms with Crippen molar-refractivity contribution in [2.75, 3.05) is 46.1 Å². The van der Waals surface area contributed by atoms with Gasteiger partial charge in [-0.3, -0.25) is 48.1 Å². The molecule has 23 heteroatoms. The summed E-state index contributed by atoms with van der Waals surface area (Å²) in [5.41, 5.74) is 2.02. The van der Waals surface area contributed by atoms with Crippen LogP contribution in [0.3, 0.4) is 0 Å². The molecule has 3 aliphatic heterocycles. The lowest BCUT2D eigenvalue weighted by molar-refractivity contribution is -0.172. The lowest BCUT2D eigenvalue weighted by Gasteiger charge is -2.37. The van der Waals surface area contributed by atoms with Gasteiger partial charge in [-0.1, -0.05) is 43.7 Å². The summed E-state index contributed by atoms with van der Waals surface area (Å²) >= 11 is 0. The number of carbonyl (C=O) groups excluding carboxylic acids is 9. The molecule has 77 heavy (non-hydrogen) atoms. The second kappa shape index (κ2) is 23.8. The number of ether oxygens (including phenoxy) is 2. The summed E-state index contributed by atoms with van der Waals surface area (Å²) in [5, 5.41) is 24.6. The summed E-state index contributed by atoms with van der Waals surface area (Å²) in [6.45, 7) is 2.99. The Morgan fingerprint density at radius 1 is 0.883 bits per heavy atom. The van der Waals surface area contributed by atoms with Crippen LogP contribution in [-0.2, 0) is 84.2 Å². The zero-order valence-corrected chi connectivity index (χ0v) is 42.9. The van der Waals surface area contributed by atoms with Gasteiger partial charge >= 0.3 is 5.97 Å². The quantitative estimate of drug-likeness (QED) is 0.0231. The average Bonchev–Trinajstić information content (AvgIpc) is 4.19. The number of aryl methyl sites for hydroxylation is 1. The van der Waals surface area contributed by atoms with Crippen LogP contribution in [0.2, 0.25) is 0 Å². The van der Waals surface area contributed by atoms with Crippen molar-refractivity contribution in [2.45, 2.75) is 103 Å². The highest BCUT2D eigenvalue weighted by Crippen LogP contribution is 2.47. The molecule has 3 atom stereocenters. The van der Waals surface area contributed by atoms with E-state index >= 15 is 4.39 Å². The van der Waals surface area contributed by atoms with E-state index in [2.05, 4.69) is 26.6 Å². The van der Waals surface area contributed by atoms with Gasteiger partial charge in [0.1, 0.15) is 31.8 Å². The standard InChI is InChI=1S/C54H60FN9O13/c1-4-54(75)35-21-40-50-33(26-64(40)52(73)34(35)27-77-53(54)74)49-39(16-15-32-30(3)36(55)22-37(61-50)48(32)49)62(5-2)47(71)28-76-29-59-43(67)24-58-51(72)38(20-31-12-8-6-9-13-31)60-44(68)25-57-42(66)23-56-41(65)14-10-7-11-19-63-45(69)17-18-46(63)70/h6,8-9,12-13,17-18,21-22,38-39,75H,4-5,7,10-11,14-16,19-20,23-29H2,1-3H3,(H,56,65)(H,57,66)(H,58,72)(H,59,67)(H,60,68)/t38-,39-,54-/m0/s1. The Bertz CT molecular complexity index is 3140. The fourth-order valence-electron chi connectivity index (χ4n) is 10.3. The molecular formula is C54H60FN9O13. The van der Waals surface area contributed by atoms with E-state index in [-0.39, 0.29) is 68.4 Å². The van der Waals surface area contributed by atoms with E-state index in [1.807, 2.05) is 0 Å². The second-order valence-corrected chi connectivity index (χ2v) is 19.2. The number of carbonyl (C=O) groups is 9. The molecule has 0 radical (unpaired) electrons. The maximum absolute atomic E-state index is 15.5. The topological polar surface area (TPSA) is 294 Å². The van der Waals surface area contributed by atoms with Crippen LogP contribution in [0.15, 0.2) is 59.4 Å². The molecule has 0 fully saturated rings. The van der Waals surface area contributed by atoms with Crippen molar-refractivity contribution in [1.29, 1.82) is 0 Å². The lowest BCUT2D eigenvalue weighted by Crippen LogP contribution is -2.52. The minimum absolute atomic E-state index is 0.0375. The minimum Gasteiger partial charge on any atom is -0.458 e. The molecule has 6 N–H and O–H groups in total. The molecule has 2 aromatic heterocycles. The highest BCUT2D eigenvalue weighted by molar-refractivity contribution is 6.12. The summed E-state index contributed by atoms with van der Waals surface area (Å²) in [4.78, 5) is 136. The predicted molar refractivity (Wildman–Crippen MR) is 272 cm³/mol. The van der Waals surface area contributed by atoms with E-state index in [0.29, 0.717) is 76.6 Å². The van der Waals surface area contributed by atoms with Crippen LogP contribution in [-0.4, -0.2) is 130 Å². The van der Waals surface area contributed by atoms with Crippen molar-refractivity contribution in [2.24, 2.45) is 0 Å². The van der Waals surface area contributed by atoms with Crippen molar-refractivity contribution >= 4 is 64.1 Å². The minimum atomic E-state index is -2.06. The lowest BCUT2D eigenvalue weighted by atomic mass is 9.81. The van der Waals surface area contributed by atoms with Gasteiger partial charge in [-0.25, -0.2) is 14.2 Å². The molecule has 0 spiro atoms. The third-order valence-electron chi connectivity index (χ3n) is 14.4. The highest BCUT2D eigenvalue weighted by Gasteiger charge is 2.46. The van der Waals surface area contributed by atoms with Crippen LogP contribution < -0.4 is 32.1 Å². The number of cyclic esters (lactones) is 1. The third kappa shape index (κ3) is 11.8. The molecule has 5 heterocycles. The molecule has 0 saturated heterocycles. The molecule has 0 saturated carbocycles. The van der Waals surface area contributed by atoms with Gasteiger partial charge in [-0.15, -0.1) is 0 Å². The number of rotatable bonds is 23. The first-order valence-electron chi connectivity index (χ1n) is 25.6. The van der Waals surface area contributed by atoms with Gasteiger partial charge in [0.15, 0.2) is 5.60 Å². The Morgan fingerprint density at radius 3 is 2.31 bits per heavy atom. The van der Waals surface area contributed by atoms with Gasteiger partial charge in [-0.05, 0) is 74.3 Å². The van der Waals surface area contributed by atoms with Crippen LogP contribution in [0.4, 0.5) is 4.39 Å². The molecule has 22 nitrogen and oxygen atoms in total. The fraction of sp³-hybridized carbons (Fsp3) is 0.426. The smallest absolute Gasteiger partial charge is 0.343 e. The zero-order valence-electron chi connectivity index (χ0n) is 42.9. The maximum atomic E-state index is 15.5. The Balaban J connectivity index is 0.830. The van der Waals surface area contributed by atoms with E-state index in [0.717, 1.165) is 10.5 Å². The number of hydrogen-bond donors (Lipinski definition) is 6. The molecule has 406 valence electrons. The monoisotopic (exact) mass is 1060 g/mol. The summed E-state index contributed by atoms with van der Waals surface area (Å²) < 4.78 is 27.9. The van der Waals surface area contributed by atoms with Crippen molar-refractivity contribution in [1.82, 2.24) is 45.9 Å². The number of unbranched alkanes of at least 4 members (excludes halogenated alkanes) is 2. The van der Waals surface area contributed by atoms with Crippen LogP contribution in [0.5, 0.6) is 0 Å². The Hall–Kier alpha value is -8.18. The molecule has 0 bridgehead atoms. The Labute approximate surface area is 441 Å². The van der Waals surface area contributed by atoms with Crippen molar-refractivity contribution in [3.63, 3.8) is 0 Å². The number of benzene rings is 2. The number of nitrogens with one attached hydrogen (secondary N) is 5. The molecule has 8 amide bonds. The summed E-state index contributed by atoms with van der Waals surface area (Å²) in [5.74, 6) is -5.64. The van der Waals surface area contributed by atoms with Gasteiger partial charge in [0.05, 0.1) is 54.7 Å². The Kier molecular flexibility index (Phi) is 17.0. The number of hydrogen-bond acceptors (Lipinski definition) is 14. The first kappa shape index (κ1) is 55.1. The van der Waals surface area contributed by atoms with Gasteiger partial charge in [0.2, 0.25) is 35.4 Å². The van der Waals surface area contributed by atoms with Crippen LogP contribution in [0.25, 0.3) is 22.3 Å². The summed E-state index contributed by atoms with van der Waals surface area (Å²) in [6.07, 6.45) is 4.88. The number of aromatic nitrogens is 2. The SMILES string of the molecule is CCN(C(=O)COCNC(=O)CNC(=O)[C@H](Cc1ccccc1)NC(=O)CNC(=O)CNC(=O)CCCCCN1C(=O)C=CC1=O)[C@H]1CCc2c(C)c(F)cc3nc4c(c1c23)Cn1c-4cc2c(c1=O)COC(=O)[C@]2(O)CC. The highest BCUT2D eigenvalue weighted by atomic mass is 19.1. The van der Waals surface area contributed by atoms with Crippen molar-refractivity contribution in [3.8, 4) is 11.4 Å². The largest absolute Gasteiger partial charge is 0.458 e. The first-order valence-corrected chi connectivity index (χ1v) is 25.6. The van der Waals surface area contributed by atoms with E-state index in [1.165, 1.54) is 22.8 Å². The third-order valence-corrected chi connectivity index (χ3v) is 14.4. The summed E-state index contributed by atoms with van der Waals surface area (Å²) in [6, 6.07) is 9.95. The molecule has 4 aliphatic rings. The number of halogens is 1. The number of amides is 8. The van der Waals surface area contributed by atoms with E-state index < -0.39 is 103 Å². The maximum Gasteiger partial charge on any atom is 0.343 e. The van der Waals surface area contributed by atoms with Crippen molar-refractivity contribution < 1.29 is 62.1 Å². The average molecular weight is 1060 g/mol. The van der Waals surface area contributed by atoms with Crippen molar-refractivity contribution in [3.05, 3.63) is 110 Å². The predicted octanol–water partition coefficient (Wildman–Crippen LogP) is 1.01. The number of imide groups is 1. The van der Waals surface area contributed by atoms with Gasteiger partial charge < -0.3 is 50.6 Å². The number of nitrogens with zero attached hydrogens (tertiary/aromatic N) is 4. The summed E-state index contributed by atoms with van der Waals surface area (Å²) in [7, 11) is 0. The number of likely N-dealkylation sites (N-methyl/N-ethyl adjacent to an activating group) is 1. The van der Waals surface area contributed by atoms with E-state index in [4.69, 9.17) is 14.5 Å². The normalized spacial score (nSPS) is 17.2. The fourth-order valence-corrected chi connectivity index (χ4v) is 10.3. The molecule has 4 aromatic rings. The molecule has 8 rings (SSSR count). The van der Waals surface area contributed by atoms with Crippen LogP contribution in [0, 0.1) is 12.7 Å². The molecule has 2 aromatic carbocycles. The van der Waals surface area contributed by atoms with E-state index in [1.54, 1.807) is 62.1 Å². The van der Waals surface area contributed by atoms with Gasteiger partial charge in [-0.2, -0.15) is 0 Å². The van der Waals surface area contributed by atoms with Gasteiger partial charge in [0.25, 0.3) is 17.4 Å². The first-order chi connectivity index (χ1) is 36.9. The van der Waals surface area contributed by atoms with Crippen LogP contribution in [0.1, 0.15) is 97.4 Å². The molecule has 1 aliphatic carbocycles. The number of pyridine rings is 2. The number of aliphatic hydroxyl groups is 1. The zero-order chi connectivity index (χ0) is 55.1. The van der Waals surface area contributed by atoms with Crippen LogP contribution >= 0.6 is 0 Å². The number of fused-ring (bicyclic) bond motifs is 5. The number of esters is 1. The second-order valence-electron chi connectivity index (χ2n) is 19.2. The Morgan fingerprint density at radius 2 is 1.58 bits per heavy atom. The van der Waals surface area contributed by atoms with Gasteiger partial charge in [0, 0.05) is 60.7 Å².